The summed E-state index contributed by atoms with van der Waals surface area (Å²) in [5, 5.41) is 5.85. The fourth-order valence-electron chi connectivity index (χ4n) is 2.20. The van der Waals surface area contributed by atoms with Crippen molar-refractivity contribution in [2.24, 2.45) is 0 Å². The average Bonchev–Trinajstić information content (AvgIpc) is 2.44. The molecule has 2 amide bonds. The van der Waals surface area contributed by atoms with Crippen molar-refractivity contribution < 1.29 is 43.3 Å². The molecule has 0 spiro atoms. The second kappa shape index (κ2) is 15.9. The molecule has 0 radical (unpaired) electrons. The smallest absolute Gasteiger partial charge is 0.314 e. The molecule has 0 saturated heterocycles. The first-order valence-electron chi connectivity index (χ1n) is 8.88. The first-order chi connectivity index (χ1) is 10.7. The standard InChI is InChI=1S/C17H39N4O2.2ClH/c1-7-15-23-16-14-21(5,6)13-9-11-19-17(22)18-10-8-12-20(2,3)4;;/h7-16H2,1-6H3,(H-,18,19,22);2*1H/q+1;;/p-1. The van der Waals surface area contributed by atoms with Crippen LogP contribution in [-0.4, -0.2) is 96.2 Å². The maximum Gasteiger partial charge on any atom is 0.314 e. The van der Waals surface area contributed by atoms with Crippen LogP contribution in [0.25, 0.3) is 0 Å². The van der Waals surface area contributed by atoms with Gasteiger partial charge >= 0.3 is 6.03 Å². The number of nitrogens with zero attached hydrogens (tertiary/aromatic N) is 2. The number of amides is 2. The highest BCUT2D eigenvalue weighted by molar-refractivity contribution is 5.73. The van der Waals surface area contributed by atoms with Crippen LogP contribution in [0.1, 0.15) is 26.2 Å². The maximum atomic E-state index is 11.7. The molecule has 0 aromatic carbocycles. The predicted molar refractivity (Wildman–Crippen MR) is 96.5 cm³/mol. The zero-order valence-corrected chi connectivity index (χ0v) is 18.5. The van der Waals surface area contributed by atoms with E-state index in [4.69, 9.17) is 4.74 Å². The second-order valence-electron chi connectivity index (χ2n) is 7.90. The van der Waals surface area contributed by atoms with Gasteiger partial charge in [0.25, 0.3) is 0 Å². The van der Waals surface area contributed by atoms with Crippen molar-refractivity contribution in [1.82, 2.24) is 10.6 Å². The van der Waals surface area contributed by atoms with Gasteiger partial charge in [0, 0.05) is 32.5 Å². The first-order valence-corrected chi connectivity index (χ1v) is 8.88. The number of carbonyl (C=O) groups excluding carboxylic acids is 1. The summed E-state index contributed by atoms with van der Waals surface area (Å²) in [5.41, 5.74) is 0. The number of hydrogen-bond donors (Lipinski definition) is 2. The summed E-state index contributed by atoms with van der Waals surface area (Å²) in [7, 11) is 10.9. The van der Waals surface area contributed by atoms with Crippen LogP contribution in [0.15, 0.2) is 0 Å². The molecule has 0 atom stereocenters. The van der Waals surface area contributed by atoms with E-state index in [0.717, 1.165) is 74.2 Å². The summed E-state index contributed by atoms with van der Waals surface area (Å²) in [5.74, 6) is 0. The fourth-order valence-corrected chi connectivity index (χ4v) is 2.20. The van der Waals surface area contributed by atoms with E-state index in [0.29, 0.717) is 0 Å². The molecule has 25 heavy (non-hydrogen) atoms. The number of urea groups is 1. The molecule has 6 nitrogen and oxygen atoms in total. The molecule has 2 N–H and O–H groups in total. The lowest BCUT2D eigenvalue weighted by Crippen LogP contribution is -3.00. The number of quaternary nitrogens is 2. The van der Waals surface area contributed by atoms with E-state index in [2.05, 4.69) is 52.8 Å². The van der Waals surface area contributed by atoms with Crippen molar-refractivity contribution in [3.8, 4) is 0 Å². The normalized spacial score (nSPS) is 11.3. The summed E-state index contributed by atoms with van der Waals surface area (Å²) in [6, 6.07) is -0.0528. The van der Waals surface area contributed by atoms with Crippen LogP contribution in [0.4, 0.5) is 4.79 Å². The van der Waals surface area contributed by atoms with Gasteiger partial charge in [-0.15, -0.1) is 0 Å². The van der Waals surface area contributed by atoms with Gasteiger partial charge in [0.05, 0.1) is 54.9 Å². The lowest BCUT2D eigenvalue weighted by molar-refractivity contribution is -0.890. The van der Waals surface area contributed by atoms with E-state index in [9.17, 15) is 4.79 Å². The molecular formula is C17H40Cl2N4O2. The van der Waals surface area contributed by atoms with E-state index >= 15 is 0 Å². The van der Waals surface area contributed by atoms with Crippen LogP contribution in [-0.2, 0) is 4.74 Å². The molecule has 0 aliphatic carbocycles. The minimum absolute atomic E-state index is 0. The van der Waals surface area contributed by atoms with Crippen LogP contribution in [0, 0.1) is 0 Å². The zero-order valence-electron chi connectivity index (χ0n) is 17.0. The lowest BCUT2D eigenvalue weighted by Gasteiger charge is -2.29. The number of hydrogen-bond acceptors (Lipinski definition) is 2. The highest BCUT2D eigenvalue weighted by Crippen LogP contribution is 1.99. The third-order valence-corrected chi connectivity index (χ3v) is 3.71. The Bertz CT molecular complexity index is 324. The lowest BCUT2D eigenvalue weighted by atomic mass is 10.3. The molecule has 0 fully saturated rings. The van der Waals surface area contributed by atoms with E-state index in [-0.39, 0.29) is 30.8 Å². The minimum atomic E-state index is -0.0528. The Morgan fingerprint density at radius 3 is 1.84 bits per heavy atom. The van der Waals surface area contributed by atoms with E-state index in [1.165, 1.54) is 0 Å². The van der Waals surface area contributed by atoms with E-state index < -0.39 is 0 Å². The number of halogens is 2. The molecule has 0 aliphatic heterocycles. The summed E-state index contributed by atoms with van der Waals surface area (Å²) >= 11 is 0. The van der Waals surface area contributed by atoms with E-state index in [1.54, 1.807) is 0 Å². The maximum absolute atomic E-state index is 11.7. The van der Waals surface area contributed by atoms with Crippen molar-refractivity contribution in [1.29, 1.82) is 0 Å². The molecule has 8 heteroatoms. The monoisotopic (exact) mass is 402 g/mol. The van der Waals surface area contributed by atoms with Gasteiger partial charge in [0.2, 0.25) is 0 Å². The Balaban J connectivity index is -0.00000242. The Labute approximate surface area is 167 Å². The first kappa shape index (κ1) is 29.5. The van der Waals surface area contributed by atoms with Gasteiger partial charge in [0.1, 0.15) is 6.54 Å². The van der Waals surface area contributed by atoms with Gasteiger partial charge in [-0.25, -0.2) is 4.79 Å². The molecule has 0 unspecified atom stereocenters. The van der Waals surface area contributed by atoms with Crippen LogP contribution in [0.2, 0.25) is 0 Å². The molecule has 0 aliphatic rings. The second-order valence-corrected chi connectivity index (χ2v) is 7.90. The fraction of sp³-hybridized carbons (Fsp3) is 0.941. The van der Waals surface area contributed by atoms with Gasteiger partial charge in [-0.2, -0.15) is 0 Å². The molecule has 0 aromatic rings. The van der Waals surface area contributed by atoms with E-state index in [1.807, 2.05) is 0 Å². The number of nitrogens with one attached hydrogen (secondary N) is 2. The summed E-state index contributed by atoms with van der Waals surface area (Å²) in [6.45, 7) is 8.34. The van der Waals surface area contributed by atoms with Crippen LogP contribution >= 0.6 is 0 Å². The van der Waals surface area contributed by atoms with Crippen molar-refractivity contribution in [3.63, 3.8) is 0 Å². The number of carbonyl (C=O) groups is 1. The summed E-state index contributed by atoms with van der Waals surface area (Å²) in [4.78, 5) is 11.7. The molecule has 0 heterocycles. The van der Waals surface area contributed by atoms with Crippen molar-refractivity contribution in [2.45, 2.75) is 26.2 Å². The zero-order chi connectivity index (χ0) is 17.8. The molecule has 0 saturated carbocycles. The molecule has 0 bridgehead atoms. The van der Waals surface area contributed by atoms with Gasteiger partial charge in [-0.1, -0.05) is 6.92 Å². The molecule has 0 aromatic heterocycles. The third kappa shape index (κ3) is 21.7. The SMILES string of the molecule is CCCOCC[N+](C)(C)CCCNC(=O)NCCC[N+](C)(C)C.[Cl-].[Cl-]. The number of rotatable bonds is 13. The number of ether oxygens (including phenoxy) is 1. The Hall–Kier alpha value is -0.270. The van der Waals surface area contributed by atoms with Gasteiger partial charge in [-0.05, 0) is 6.42 Å². The Morgan fingerprint density at radius 1 is 0.840 bits per heavy atom. The quantitative estimate of drug-likeness (QED) is 0.240. The molecule has 154 valence electrons. The highest BCUT2D eigenvalue weighted by Gasteiger charge is 2.14. The molecular weight excluding hydrogens is 363 g/mol. The number of likely N-dealkylation sites (N-methyl/N-ethyl adjacent to an activating group) is 1. The van der Waals surface area contributed by atoms with Crippen molar-refractivity contribution in [3.05, 3.63) is 0 Å². The summed E-state index contributed by atoms with van der Waals surface area (Å²) in [6.07, 6.45) is 3.05. The molecule has 0 rings (SSSR count). The minimum Gasteiger partial charge on any atom is -1.00 e. The Morgan fingerprint density at radius 2 is 1.36 bits per heavy atom. The summed E-state index contributed by atoms with van der Waals surface area (Å²) < 4.78 is 7.40. The van der Waals surface area contributed by atoms with Crippen molar-refractivity contribution in [2.75, 3.05) is 81.2 Å². The Kier molecular flexibility index (Phi) is 18.8. The van der Waals surface area contributed by atoms with Crippen molar-refractivity contribution >= 4 is 6.03 Å². The van der Waals surface area contributed by atoms with Gasteiger partial charge < -0.3 is 49.2 Å². The largest absolute Gasteiger partial charge is 1.00 e. The van der Waals surface area contributed by atoms with Crippen LogP contribution in [0.5, 0.6) is 0 Å². The van der Waals surface area contributed by atoms with Gasteiger partial charge in [0.15, 0.2) is 0 Å². The van der Waals surface area contributed by atoms with Crippen LogP contribution in [0.3, 0.4) is 0 Å². The van der Waals surface area contributed by atoms with Crippen LogP contribution < -0.4 is 35.4 Å². The predicted octanol–water partition coefficient (Wildman–Crippen LogP) is -4.72. The third-order valence-electron chi connectivity index (χ3n) is 3.71. The topological polar surface area (TPSA) is 50.4 Å². The average molecular weight is 403 g/mol. The highest BCUT2D eigenvalue weighted by atomic mass is 35.5. The van der Waals surface area contributed by atoms with Gasteiger partial charge in [-0.3, -0.25) is 0 Å².